The molecule has 0 spiro atoms. The molecule has 2 aromatic carbocycles. The molecule has 0 amide bonds. The lowest BCUT2D eigenvalue weighted by atomic mass is 10.1. The average molecular weight is 337 g/mol. The monoisotopic (exact) mass is 337 g/mol. The number of fused-ring (bicyclic) bond motifs is 1. The first kappa shape index (κ1) is 15.2. The first-order valence-corrected chi connectivity index (χ1v) is 7.55. The van der Waals surface area contributed by atoms with Crippen LogP contribution in [0.5, 0.6) is 0 Å². The quantitative estimate of drug-likeness (QED) is 0.575. The number of aromatic nitrogens is 4. The summed E-state index contributed by atoms with van der Waals surface area (Å²) in [6.45, 7) is 0. The van der Waals surface area contributed by atoms with Crippen LogP contribution >= 0.6 is 0 Å². The molecule has 4 rings (SSSR count). The molecule has 5 nitrogen and oxygen atoms in total. The zero-order valence-corrected chi connectivity index (χ0v) is 13.2. The number of aryl methyl sites for hydroxylation is 1. The smallest absolute Gasteiger partial charge is 0.135 e. The number of halogens is 2. The molecule has 124 valence electrons. The lowest BCUT2D eigenvalue weighted by Gasteiger charge is -2.03. The van der Waals surface area contributed by atoms with Gasteiger partial charge in [-0.05, 0) is 35.9 Å². The van der Waals surface area contributed by atoms with Crippen LogP contribution in [0.4, 0.5) is 14.5 Å². The second-order valence-electron chi connectivity index (χ2n) is 5.62. The van der Waals surface area contributed by atoms with E-state index in [1.54, 1.807) is 42.6 Å². The van der Waals surface area contributed by atoms with Crippen LogP contribution in [0, 0.1) is 11.6 Å². The third-order valence-electron chi connectivity index (χ3n) is 3.86. The number of H-pyrrole nitrogens is 1. The molecule has 2 heterocycles. The Morgan fingerprint density at radius 2 is 1.92 bits per heavy atom. The highest BCUT2D eigenvalue weighted by Crippen LogP contribution is 2.24. The van der Waals surface area contributed by atoms with Gasteiger partial charge in [0.25, 0.3) is 0 Å². The highest BCUT2D eigenvalue weighted by Gasteiger charge is 2.11. The molecule has 0 bridgehead atoms. The van der Waals surface area contributed by atoms with Crippen molar-refractivity contribution in [2.75, 3.05) is 0 Å². The Labute approximate surface area is 141 Å². The van der Waals surface area contributed by atoms with Gasteiger partial charge in [0.2, 0.25) is 0 Å². The van der Waals surface area contributed by atoms with Crippen LogP contribution in [0.25, 0.3) is 22.2 Å². The fraction of sp³-hybridized carbons (Fsp3) is 0.0556. The van der Waals surface area contributed by atoms with Crippen molar-refractivity contribution in [2.24, 2.45) is 12.0 Å². The molecule has 0 radical (unpaired) electrons. The first-order valence-electron chi connectivity index (χ1n) is 7.55. The highest BCUT2D eigenvalue weighted by atomic mass is 19.1. The Hall–Kier alpha value is -3.35. The van der Waals surface area contributed by atoms with Crippen LogP contribution in [0.15, 0.2) is 54.0 Å². The molecule has 7 heteroatoms. The fourth-order valence-corrected chi connectivity index (χ4v) is 2.58. The van der Waals surface area contributed by atoms with Gasteiger partial charge < -0.3 is 4.98 Å². The normalized spacial score (nSPS) is 11.6. The van der Waals surface area contributed by atoms with E-state index in [2.05, 4.69) is 20.1 Å². The Balaban J connectivity index is 1.67. The van der Waals surface area contributed by atoms with Gasteiger partial charge in [0.15, 0.2) is 0 Å². The van der Waals surface area contributed by atoms with Crippen molar-refractivity contribution in [3.63, 3.8) is 0 Å². The molecule has 0 aliphatic rings. The van der Waals surface area contributed by atoms with Gasteiger partial charge >= 0.3 is 0 Å². The van der Waals surface area contributed by atoms with Gasteiger partial charge in [-0.15, -0.1) is 0 Å². The summed E-state index contributed by atoms with van der Waals surface area (Å²) in [5.74, 6) is -1.35. The van der Waals surface area contributed by atoms with E-state index >= 15 is 0 Å². The Morgan fingerprint density at radius 3 is 2.64 bits per heavy atom. The lowest BCUT2D eigenvalue weighted by Crippen LogP contribution is -1.95. The lowest BCUT2D eigenvalue weighted by molar-refractivity contribution is 0.581. The first-order chi connectivity index (χ1) is 12.1. The molecular weight excluding hydrogens is 324 g/mol. The molecule has 0 aliphatic heterocycles. The van der Waals surface area contributed by atoms with Crippen molar-refractivity contribution >= 4 is 22.9 Å². The number of imidazole rings is 1. The minimum Gasteiger partial charge on any atom is -0.345 e. The van der Waals surface area contributed by atoms with Crippen LogP contribution in [-0.2, 0) is 7.05 Å². The third kappa shape index (κ3) is 2.91. The van der Waals surface area contributed by atoms with E-state index in [1.807, 2.05) is 6.07 Å². The minimum atomic E-state index is -0.677. The molecule has 1 N–H and O–H groups in total. The number of nitrogens with one attached hydrogen (secondary N) is 1. The number of hydrogen-bond donors (Lipinski definition) is 1. The Bertz CT molecular complexity index is 1070. The van der Waals surface area contributed by atoms with E-state index in [4.69, 9.17) is 0 Å². The summed E-state index contributed by atoms with van der Waals surface area (Å²) in [5.41, 5.74) is 3.06. The summed E-state index contributed by atoms with van der Waals surface area (Å²) in [7, 11) is 1.74. The molecule has 0 aliphatic carbocycles. The largest absolute Gasteiger partial charge is 0.345 e. The fourth-order valence-electron chi connectivity index (χ4n) is 2.58. The number of aliphatic imine (C=N–C) groups is 1. The molecule has 2 aromatic heterocycles. The molecule has 0 fully saturated rings. The van der Waals surface area contributed by atoms with E-state index in [1.165, 1.54) is 18.3 Å². The van der Waals surface area contributed by atoms with Gasteiger partial charge in [0, 0.05) is 25.0 Å². The maximum Gasteiger partial charge on any atom is 0.135 e. The van der Waals surface area contributed by atoms with E-state index in [-0.39, 0.29) is 5.56 Å². The molecule has 4 aromatic rings. The second-order valence-corrected chi connectivity index (χ2v) is 5.62. The average Bonchev–Trinajstić information content (AvgIpc) is 3.22. The van der Waals surface area contributed by atoms with Crippen molar-refractivity contribution in [3.05, 3.63) is 66.3 Å². The van der Waals surface area contributed by atoms with Crippen LogP contribution in [-0.4, -0.2) is 26.0 Å². The van der Waals surface area contributed by atoms with Gasteiger partial charge in [-0.25, -0.2) is 13.8 Å². The highest BCUT2D eigenvalue weighted by molar-refractivity contribution is 5.85. The summed E-state index contributed by atoms with van der Waals surface area (Å²) in [6, 6.07) is 7.85. The van der Waals surface area contributed by atoms with Gasteiger partial charge in [-0.3, -0.25) is 9.67 Å². The van der Waals surface area contributed by atoms with Gasteiger partial charge in [0.05, 0.1) is 34.8 Å². The van der Waals surface area contributed by atoms with Gasteiger partial charge in [-0.2, -0.15) is 5.10 Å². The maximum atomic E-state index is 14.3. The number of hydrogen-bond acceptors (Lipinski definition) is 3. The Morgan fingerprint density at radius 1 is 1.12 bits per heavy atom. The van der Waals surface area contributed by atoms with Crippen LogP contribution in [0.1, 0.15) is 5.56 Å². The number of aromatic amines is 1. The van der Waals surface area contributed by atoms with Crippen molar-refractivity contribution in [1.29, 1.82) is 0 Å². The van der Waals surface area contributed by atoms with Gasteiger partial charge in [-0.1, -0.05) is 0 Å². The van der Waals surface area contributed by atoms with Crippen molar-refractivity contribution in [3.8, 4) is 11.1 Å². The van der Waals surface area contributed by atoms with E-state index in [0.717, 1.165) is 11.0 Å². The zero-order chi connectivity index (χ0) is 17.4. The summed E-state index contributed by atoms with van der Waals surface area (Å²) in [4.78, 5) is 11.3. The standard InChI is InChI=1S/C18H13F2N5/c1-25-9-12(7-24-25)11-4-15(19)14(16(20)5-11)8-21-13-2-3-17-18(6-13)23-10-22-17/h2-10H,1H3,(H,22,23)/b21-8-. The van der Waals surface area contributed by atoms with Crippen molar-refractivity contribution < 1.29 is 8.78 Å². The predicted molar refractivity (Wildman–Crippen MR) is 91.9 cm³/mol. The molecule has 25 heavy (non-hydrogen) atoms. The van der Waals surface area contributed by atoms with E-state index < -0.39 is 11.6 Å². The van der Waals surface area contributed by atoms with E-state index in [9.17, 15) is 8.78 Å². The van der Waals surface area contributed by atoms with Crippen molar-refractivity contribution in [2.45, 2.75) is 0 Å². The maximum absolute atomic E-state index is 14.3. The van der Waals surface area contributed by atoms with Crippen LogP contribution in [0.3, 0.4) is 0 Å². The Kier molecular flexibility index (Phi) is 3.61. The summed E-state index contributed by atoms with van der Waals surface area (Å²) in [5, 5.41) is 4.01. The van der Waals surface area contributed by atoms with E-state index in [0.29, 0.717) is 16.8 Å². The van der Waals surface area contributed by atoms with Crippen LogP contribution < -0.4 is 0 Å². The van der Waals surface area contributed by atoms with Gasteiger partial charge in [0.1, 0.15) is 11.6 Å². The molecule has 0 saturated carbocycles. The molecular formula is C18H13F2N5. The summed E-state index contributed by atoms with van der Waals surface area (Å²) < 4.78 is 30.2. The number of benzene rings is 2. The summed E-state index contributed by atoms with van der Waals surface area (Å²) in [6.07, 6.45) is 6.02. The molecule has 0 unspecified atom stereocenters. The van der Waals surface area contributed by atoms with Crippen molar-refractivity contribution in [1.82, 2.24) is 19.7 Å². The number of rotatable bonds is 3. The molecule has 0 saturated heterocycles. The predicted octanol–water partition coefficient (Wildman–Crippen LogP) is 3.99. The zero-order valence-electron chi connectivity index (χ0n) is 13.2. The second kappa shape index (κ2) is 5.94. The summed E-state index contributed by atoms with van der Waals surface area (Å²) >= 11 is 0. The third-order valence-corrected chi connectivity index (χ3v) is 3.86. The number of nitrogens with zero attached hydrogens (tertiary/aromatic N) is 4. The molecule has 0 atom stereocenters. The topological polar surface area (TPSA) is 58.9 Å². The minimum absolute atomic E-state index is 0.185. The SMILES string of the molecule is Cn1cc(-c2cc(F)c(/C=N\c3ccc4[nH]cnc4c3)c(F)c2)cn1. The van der Waals surface area contributed by atoms with Crippen LogP contribution in [0.2, 0.25) is 0 Å².